The van der Waals surface area contributed by atoms with E-state index in [4.69, 9.17) is 23.7 Å². The first-order valence-corrected chi connectivity index (χ1v) is 15.2. The van der Waals surface area contributed by atoms with Crippen molar-refractivity contribution in [2.75, 3.05) is 34.5 Å². The van der Waals surface area contributed by atoms with Crippen LogP contribution in [0.15, 0.2) is 94.6 Å². The van der Waals surface area contributed by atoms with Gasteiger partial charge >= 0.3 is 5.69 Å². The van der Waals surface area contributed by atoms with Gasteiger partial charge in [-0.25, -0.2) is 4.79 Å². The van der Waals surface area contributed by atoms with Gasteiger partial charge in [0, 0.05) is 25.2 Å². The molecule has 47 heavy (non-hydrogen) atoms. The quantitative estimate of drug-likeness (QED) is 0.187. The molecule has 3 aromatic carbocycles. The van der Waals surface area contributed by atoms with Crippen molar-refractivity contribution >= 4 is 5.91 Å². The number of aliphatic hydroxyl groups is 1. The number of nitrogens with zero attached hydrogens (tertiary/aromatic N) is 1. The molecule has 1 aromatic heterocycles. The summed E-state index contributed by atoms with van der Waals surface area (Å²) < 4.78 is 31.2. The van der Waals surface area contributed by atoms with Gasteiger partial charge in [0.05, 0.1) is 27.4 Å². The van der Waals surface area contributed by atoms with Crippen molar-refractivity contribution in [2.24, 2.45) is 0 Å². The maximum atomic E-state index is 12.9. The highest BCUT2D eigenvalue weighted by atomic mass is 16.6. The van der Waals surface area contributed by atoms with E-state index in [1.807, 2.05) is 78.9 Å². The first kappa shape index (κ1) is 33.6. The number of nitrogens with one attached hydrogen (secondary N) is 2. The van der Waals surface area contributed by atoms with E-state index in [0.717, 1.165) is 16.7 Å². The summed E-state index contributed by atoms with van der Waals surface area (Å²) in [7, 11) is 4.70. The van der Waals surface area contributed by atoms with E-state index in [0.29, 0.717) is 11.5 Å². The fourth-order valence-corrected chi connectivity index (χ4v) is 5.73. The lowest BCUT2D eigenvalue weighted by Crippen LogP contribution is -2.41. The molecule has 12 heteroatoms. The Morgan fingerprint density at radius 3 is 2.06 bits per heavy atom. The highest BCUT2D eigenvalue weighted by molar-refractivity contribution is 5.75. The molecule has 1 saturated heterocycles. The molecule has 3 N–H and O–H groups in total. The van der Waals surface area contributed by atoms with Crippen molar-refractivity contribution < 1.29 is 33.6 Å². The number of benzene rings is 3. The summed E-state index contributed by atoms with van der Waals surface area (Å²) in [4.78, 5) is 39.2. The lowest BCUT2D eigenvalue weighted by atomic mass is 9.80. The molecule has 2 heterocycles. The summed E-state index contributed by atoms with van der Waals surface area (Å²) in [5.41, 5.74) is 0.192. The fourth-order valence-electron chi connectivity index (χ4n) is 5.73. The first-order valence-electron chi connectivity index (χ1n) is 15.2. The Morgan fingerprint density at radius 1 is 0.936 bits per heavy atom. The molecular formula is C35H39N3O9. The summed E-state index contributed by atoms with van der Waals surface area (Å²) in [6.45, 7) is 1.37. The number of ether oxygens (including phenoxy) is 5. The van der Waals surface area contributed by atoms with Gasteiger partial charge in [0.15, 0.2) is 6.23 Å². The zero-order valence-corrected chi connectivity index (χ0v) is 26.7. The molecule has 4 atom stereocenters. The predicted molar refractivity (Wildman–Crippen MR) is 173 cm³/mol. The van der Waals surface area contributed by atoms with Crippen LogP contribution in [-0.2, 0) is 24.6 Å². The molecule has 5 rings (SSSR count). The zero-order valence-electron chi connectivity index (χ0n) is 26.7. The van der Waals surface area contributed by atoms with Crippen LogP contribution in [0.3, 0.4) is 0 Å². The minimum Gasteiger partial charge on any atom is -0.497 e. The second-order valence-electron chi connectivity index (χ2n) is 11.1. The van der Waals surface area contributed by atoms with E-state index >= 15 is 0 Å². The highest BCUT2D eigenvalue weighted by Gasteiger charge is 2.48. The minimum absolute atomic E-state index is 0.0270. The van der Waals surface area contributed by atoms with Crippen molar-refractivity contribution in [2.45, 2.75) is 43.5 Å². The normalized spacial score (nSPS) is 19.3. The van der Waals surface area contributed by atoms with E-state index in [9.17, 15) is 19.5 Å². The van der Waals surface area contributed by atoms with Crippen molar-refractivity contribution in [1.29, 1.82) is 0 Å². The summed E-state index contributed by atoms with van der Waals surface area (Å²) in [6.07, 6.45) is -3.06. The minimum atomic E-state index is -1.27. The number of aliphatic hydroxyl groups excluding tert-OH is 1. The monoisotopic (exact) mass is 645 g/mol. The molecule has 0 unspecified atom stereocenters. The third-order valence-electron chi connectivity index (χ3n) is 8.29. The molecule has 0 saturated carbocycles. The second kappa shape index (κ2) is 14.8. The average Bonchev–Trinajstić information content (AvgIpc) is 3.41. The highest BCUT2D eigenvalue weighted by Crippen LogP contribution is 2.43. The average molecular weight is 646 g/mol. The molecular weight excluding hydrogens is 606 g/mol. The Hall–Kier alpha value is -4.75. The predicted octanol–water partition coefficient (Wildman–Crippen LogP) is 2.65. The van der Waals surface area contributed by atoms with Gasteiger partial charge in [-0.3, -0.25) is 19.1 Å². The molecule has 0 spiro atoms. The molecule has 12 nitrogen and oxygen atoms in total. The Morgan fingerprint density at radius 2 is 1.51 bits per heavy atom. The number of carbonyl (C=O) groups is 1. The summed E-state index contributed by atoms with van der Waals surface area (Å²) in [5.74, 6) is 1.08. The summed E-state index contributed by atoms with van der Waals surface area (Å²) >= 11 is 0. The molecule has 248 valence electrons. The standard InChI is InChI=1S/C35H39N3O9/c1-22-20-38(34(42)37-32(22)41)33-31(45-19-18-29(39)36-2)30(40)28(47-33)21-46-35(23-8-6-5-7-9-23,24-10-14-26(43-3)15-11-24)25-12-16-27(44-4)17-13-25/h5-17,20,28,30-31,33,40H,18-19,21H2,1-4H3,(H,36,39)(H,37,41,42)/t28-,30-,31-,33-/m1/s1. The van der Waals surface area contributed by atoms with Crippen LogP contribution >= 0.6 is 0 Å². The van der Waals surface area contributed by atoms with Crippen LogP contribution in [0.2, 0.25) is 0 Å². The van der Waals surface area contributed by atoms with Crippen molar-refractivity contribution in [3.8, 4) is 11.5 Å². The smallest absolute Gasteiger partial charge is 0.330 e. The van der Waals surface area contributed by atoms with Gasteiger partial charge in [-0.15, -0.1) is 0 Å². The van der Waals surface area contributed by atoms with Crippen molar-refractivity contribution in [1.82, 2.24) is 14.9 Å². The van der Waals surface area contributed by atoms with E-state index in [1.54, 1.807) is 21.1 Å². The number of amides is 1. The van der Waals surface area contributed by atoms with Crippen LogP contribution in [0.4, 0.5) is 0 Å². The topological polar surface area (TPSA) is 150 Å². The number of aromatic nitrogens is 2. The molecule has 1 aliphatic heterocycles. The number of aromatic amines is 1. The molecule has 0 radical (unpaired) electrons. The SMILES string of the molecule is CNC(=O)CCO[C@@H]1[C@H](O)[C@@H](COC(c2ccccc2)(c2ccc(OC)cc2)c2ccc(OC)cc2)O[C@H]1n1cc(C)c(=O)[nH]c1=O. The van der Waals surface area contributed by atoms with Crippen LogP contribution in [-0.4, -0.2) is 73.4 Å². The van der Waals surface area contributed by atoms with Gasteiger partial charge < -0.3 is 34.1 Å². The lowest BCUT2D eigenvalue weighted by Gasteiger charge is -2.37. The number of carbonyl (C=O) groups excluding carboxylic acids is 1. The maximum absolute atomic E-state index is 12.9. The third kappa shape index (κ3) is 7.00. The van der Waals surface area contributed by atoms with Gasteiger partial charge in [0.25, 0.3) is 5.56 Å². The fraction of sp³-hybridized carbons (Fsp3) is 0.343. The first-order chi connectivity index (χ1) is 22.7. The van der Waals surface area contributed by atoms with Gasteiger partial charge in [-0.05, 0) is 47.9 Å². The van der Waals surface area contributed by atoms with E-state index < -0.39 is 41.4 Å². The Labute approximate surface area is 271 Å². The van der Waals surface area contributed by atoms with Gasteiger partial charge in [0.2, 0.25) is 5.91 Å². The summed E-state index contributed by atoms with van der Waals surface area (Å²) in [6, 6.07) is 24.7. The Balaban J connectivity index is 1.55. The van der Waals surface area contributed by atoms with E-state index in [1.165, 1.54) is 17.8 Å². The lowest BCUT2D eigenvalue weighted by molar-refractivity contribution is -0.124. The van der Waals surface area contributed by atoms with E-state index in [-0.39, 0.29) is 31.1 Å². The molecule has 1 aliphatic rings. The van der Waals surface area contributed by atoms with Crippen molar-refractivity contribution in [3.63, 3.8) is 0 Å². The molecule has 1 amide bonds. The maximum Gasteiger partial charge on any atom is 0.330 e. The van der Waals surface area contributed by atoms with E-state index in [2.05, 4.69) is 10.3 Å². The number of hydrogen-bond donors (Lipinski definition) is 3. The van der Waals surface area contributed by atoms with Gasteiger partial charge in [-0.2, -0.15) is 0 Å². The second-order valence-corrected chi connectivity index (χ2v) is 11.1. The molecule has 1 fully saturated rings. The number of rotatable bonds is 13. The Kier molecular flexibility index (Phi) is 10.6. The van der Waals surface area contributed by atoms with Gasteiger partial charge in [0.1, 0.15) is 35.4 Å². The van der Waals surface area contributed by atoms with Crippen LogP contribution < -0.4 is 26.0 Å². The molecule has 0 bridgehead atoms. The third-order valence-corrected chi connectivity index (χ3v) is 8.29. The van der Waals surface area contributed by atoms with Crippen LogP contribution in [0, 0.1) is 6.92 Å². The summed E-state index contributed by atoms with van der Waals surface area (Å²) in [5, 5.41) is 14.1. The molecule has 4 aromatic rings. The van der Waals surface area contributed by atoms with Gasteiger partial charge in [-0.1, -0.05) is 54.6 Å². The van der Waals surface area contributed by atoms with Crippen molar-refractivity contribution in [3.05, 3.63) is 128 Å². The molecule has 0 aliphatic carbocycles. The largest absolute Gasteiger partial charge is 0.497 e. The number of H-pyrrole nitrogens is 1. The number of aryl methyl sites for hydroxylation is 1. The zero-order chi connectivity index (χ0) is 33.6. The number of methoxy groups -OCH3 is 2. The van der Waals surface area contributed by atoms with Crippen LogP contribution in [0.1, 0.15) is 34.9 Å². The number of hydrogen-bond acceptors (Lipinski definition) is 9. The Bertz CT molecular complexity index is 1710. The van der Waals surface area contributed by atoms with Crippen LogP contribution in [0.25, 0.3) is 0 Å². The van der Waals surface area contributed by atoms with Crippen LogP contribution in [0.5, 0.6) is 11.5 Å².